The van der Waals surface area contributed by atoms with Crippen molar-refractivity contribution in [3.63, 3.8) is 0 Å². The SMILES string of the molecule is CCN(CC)CCN(Cc1cccs1)S(=O)(=O)c1ccc(F)cc1. The van der Waals surface area contributed by atoms with Gasteiger partial charge in [0.1, 0.15) is 5.82 Å². The molecule has 1 heterocycles. The summed E-state index contributed by atoms with van der Waals surface area (Å²) in [5, 5.41) is 1.93. The zero-order chi connectivity index (χ0) is 17.6. The lowest BCUT2D eigenvalue weighted by Crippen LogP contribution is -2.38. The van der Waals surface area contributed by atoms with Crippen LogP contribution in [0.15, 0.2) is 46.7 Å². The minimum atomic E-state index is -3.66. The predicted octanol–water partition coefficient (Wildman–Crippen LogP) is 3.42. The summed E-state index contributed by atoms with van der Waals surface area (Å²) in [6, 6.07) is 8.84. The van der Waals surface area contributed by atoms with Crippen molar-refractivity contribution in [3.05, 3.63) is 52.5 Å². The lowest BCUT2D eigenvalue weighted by Gasteiger charge is -2.25. The van der Waals surface area contributed by atoms with Gasteiger partial charge in [-0.2, -0.15) is 4.31 Å². The van der Waals surface area contributed by atoms with Crippen LogP contribution >= 0.6 is 11.3 Å². The molecule has 2 aromatic rings. The molecule has 1 aromatic heterocycles. The quantitative estimate of drug-likeness (QED) is 0.679. The molecule has 0 N–H and O–H groups in total. The Hall–Kier alpha value is -1.28. The Morgan fingerprint density at radius 2 is 1.71 bits per heavy atom. The third-order valence-corrected chi connectivity index (χ3v) is 6.64. The maximum absolute atomic E-state index is 13.1. The highest BCUT2D eigenvalue weighted by molar-refractivity contribution is 7.89. The number of benzene rings is 1. The zero-order valence-electron chi connectivity index (χ0n) is 14.0. The second-order valence-corrected chi connectivity index (χ2v) is 8.37. The summed E-state index contributed by atoms with van der Waals surface area (Å²) in [6.07, 6.45) is 0. The van der Waals surface area contributed by atoms with Crippen molar-refractivity contribution in [1.29, 1.82) is 0 Å². The molecule has 0 atom stereocenters. The monoisotopic (exact) mass is 370 g/mol. The van der Waals surface area contributed by atoms with E-state index in [4.69, 9.17) is 0 Å². The lowest BCUT2D eigenvalue weighted by molar-refractivity contribution is 0.269. The molecular weight excluding hydrogens is 347 g/mol. The normalized spacial score (nSPS) is 12.2. The van der Waals surface area contributed by atoms with Gasteiger partial charge in [-0.25, -0.2) is 12.8 Å². The van der Waals surface area contributed by atoms with Crippen LogP contribution < -0.4 is 0 Å². The van der Waals surface area contributed by atoms with Crippen LogP contribution in [0.2, 0.25) is 0 Å². The van der Waals surface area contributed by atoms with Gasteiger partial charge in [0.2, 0.25) is 10.0 Å². The highest BCUT2D eigenvalue weighted by Gasteiger charge is 2.25. The van der Waals surface area contributed by atoms with Crippen LogP contribution in [0.5, 0.6) is 0 Å². The number of hydrogen-bond acceptors (Lipinski definition) is 4. The van der Waals surface area contributed by atoms with Crippen molar-refractivity contribution in [2.45, 2.75) is 25.3 Å². The summed E-state index contributed by atoms with van der Waals surface area (Å²) in [5.41, 5.74) is 0. The first-order chi connectivity index (χ1) is 11.5. The molecule has 0 unspecified atom stereocenters. The number of likely N-dealkylation sites (N-methyl/N-ethyl adjacent to an activating group) is 1. The summed E-state index contributed by atoms with van der Waals surface area (Å²) < 4.78 is 40.5. The largest absolute Gasteiger partial charge is 0.303 e. The van der Waals surface area contributed by atoms with Crippen molar-refractivity contribution in [3.8, 4) is 0 Å². The van der Waals surface area contributed by atoms with E-state index in [1.165, 1.54) is 39.9 Å². The molecule has 132 valence electrons. The van der Waals surface area contributed by atoms with Gasteiger partial charge >= 0.3 is 0 Å². The molecule has 0 aliphatic rings. The Labute approximate surface area is 147 Å². The first kappa shape index (κ1) is 19.1. The maximum atomic E-state index is 13.1. The van der Waals surface area contributed by atoms with E-state index in [0.717, 1.165) is 18.0 Å². The minimum Gasteiger partial charge on any atom is -0.303 e. The highest BCUT2D eigenvalue weighted by Crippen LogP contribution is 2.20. The van der Waals surface area contributed by atoms with Crippen LogP contribution in [0.1, 0.15) is 18.7 Å². The number of nitrogens with zero attached hydrogens (tertiary/aromatic N) is 2. The van der Waals surface area contributed by atoms with Gasteiger partial charge in [0.15, 0.2) is 0 Å². The van der Waals surface area contributed by atoms with E-state index >= 15 is 0 Å². The molecule has 0 fully saturated rings. The summed E-state index contributed by atoms with van der Waals surface area (Å²) in [7, 11) is -3.66. The molecule has 0 aliphatic heterocycles. The molecule has 24 heavy (non-hydrogen) atoms. The average molecular weight is 371 g/mol. The van der Waals surface area contributed by atoms with E-state index in [9.17, 15) is 12.8 Å². The molecule has 0 saturated heterocycles. The molecule has 0 saturated carbocycles. The van der Waals surface area contributed by atoms with Crippen LogP contribution in [-0.4, -0.2) is 43.8 Å². The number of sulfonamides is 1. The zero-order valence-corrected chi connectivity index (χ0v) is 15.6. The highest BCUT2D eigenvalue weighted by atomic mass is 32.2. The fourth-order valence-electron chi connectivity index (χ4n) is 2.41. The molecule has 0 bridgehead atoms. The molecule has 1 aromatic carbocycles. The second-order valence-electron chi connectivity index (χ2n) is 5.40. The molecule has 0 spiro atoms. The summed E-state index contributed by atoms with van der Waals surface area (Å²) in [5.74, 6) is -0.443. The van der Waals surface area contributed by atoms with Crippen LogP contribution in [-0.2, 0) is 16.6 Å². The van der Waals surface area contributed by atoms with Gasteiger partial charge in [-0.05, 0) is 48.8 Å². The van der Waals surface area contributed by atoms with Gasteiger partial charge in [0.05, 0.1) is 4.90 Å². The summed E-state index contributed by atoms with van der Waals surface area (Å²) in [4.78, 5) is 3.29. The average Bonchev–Trinajstić information content (AvgIpc) is 3.08. The van der Waals surface area contributed by atoms with Crippen molar-refractivity contribution < 1.29 is 12.8 Å². The summed E-state index contributed by atoms with van der Waals surface area (Å²) in [6.45, 7) is 7.26. The van der Waals surface area contributed by atoms with E-state index in [0.29, 0.717) is 19.6 Å². The lowest BCUT2D eigenvalue weighted by atomic mass is 10.4. The van der Waals surface area contributed by atoms with Crippen LogP contribution in [0.3, 0.4) is 0 Å². The third kappa shape index (κ3) is 4.86. The summed E-state index contributed by atoms with van der Waals surface area (Å²) >= 11 is 1.53. The van der Waals surface area contributed by atoms with Gasteiger partial charge in [-0.1, -0.05) is 19.9 Å². The topological polar surface area (TPSA) is 40.6 Å². The predicted molar refractivity (Wildman–Crippen MR) is 96.1 cm³/mol. The fraction of sp³-hybridized carbons (Fsp3) is 0.412. The van der Waals surface area contributed by atoms with Crippen molar-refractivity contribution in [2.24, 2.45) is 0 Å². The Morgan fingerprint density at radius 1 is 1.04 bits per heavy atom. The van der Waals surface area contributed by atoms with E-state index in [1.807, 2.05) is 17.5 Å². The fourth-order valence-corrected chi connectivity index (χ4v) is 4.62. The Morgan fingerprint density at radius 3 is 2.25 bits per heavy atom. The molecule has 0 aliphatic carbocycles. The number of hydrogen-bond donors (Lipinski definition) is 0. The van der Waals surface area contributed by atoms with Gasteiger partial charge < -0.3 is 4.90 Å². The third-order valence-electron chi connectivity index (χ3n) is 3.92. The van der Waals surface area contributed by atoms with Gasteiger partial charge in [-0.15, -0.1) is 11.3 Å². The molecule has 0 radical (unpaired) electrons. The smallest absolute Gasteiger partial charge is 0.243 e. The van der Waals surface area contributed by atoms with Crippen LogP contribution in [0.4, 0.5) is 4.39 Å². The molecule has 2 rings (SSSR count). The molecule has 0 amide bonds. The van der Waals surface area contributed by atoms with Gasteiger partial charge in [0.25, 0.3) is 0 Å². The molecular formula is C17H23FN2O2S2. The number of thiophene rings is 1. The number of halogens is 1. The van der Waals surface area contributed by atoms with Crippen molar-refractivity contribution >= 4 is 21.4 Å². The number of rotatable bonds is 9. The Bertz CT molecular complexity index is 712. The van der Waals surface area contributed by atoms with Crippen LogP contribution in [0.25, 0.3) is 0 Å². The molecule has 4 nitrogen and oxygen atoms in total. The second kappa shape index (κ2) is 8.71. The van der Waals surface area contributed by atoms with Crippen LogP contribution in [0, 0.1) is 5.82 Å². The van der Waals surface area contributed by atoms with E-state index < -0.39 is 15.8 Å². The van der Waals surface area contributed by atoms with Gasteiger partial charge in [0, 0.05) is 24.5 Å². The van der Waals surface area contributed by atoms with Gasteiger partial charge in [-0.3, -0.25) is 0 Å². The maximum Gasteiger partial charge on any atom is 0.243 e. The minimum absolute atomic E-state index is 0.125. The first-order valence-corrected chi connectivity index (χ1v) is 10.3. The molecule has 7 heteroatoms. The van der Waals surface area contributed by atoms with E-state index in [2.05, 4.69) is 18.7 Å². The van der Waals surface area contributed by atoms with E-state index in [1.54, 1.807) is 0 Å². The Balaban J connectivity index is 2.24. The van der Waals surface area contributed by atoms with Crippen molar-refractivity contribution in [1.82, 2.24) is 9.21 Å². The standard InChI is InChI=1S/C17H23FN2O2S2/c1-3-19(4-2)11-12-20(14-16-6-5-13-23-16)24(21,22)17-9-7-15(18)8-10-17/h5-10,13H,3-4,11-12,14H2,1-2H3. The Kier molecular flexibility index (Phi) is 6.91. The van der Waals surface area contributed by atoms with Crippen molar-refractivity contribution in [2.75, 3.05) is 26.2 Å². The van der Waals surface area contributed by atoms with E-state index in [-0.39, 0.29) is 4.90 Å². The first-order valence-electron chi connectivity index (χ1n) is 7.97.